The van der Waals surface area contributed by atoms with E-state index in [-0.39, 0.29) is 0 Å². The first kappa shape index (κ1) is 19.2. The van der Waals surface area contributed by atoms with Gasteiger partial charge in [0.2, 0.25) is 0 Å². The van der Waals surface area contributed by atoms with E-state index < -0.39 is 5.60 Å². The van der Waals surface area contributed by atoms with E-state index in [0.717, 1.165) is 32.1 Å². The second kappa shape index (κ2) is 9.99. The maximum Gasteiger partial charge on any atom is 0.0594 e. The highest BCUT2D eigenvalue weighted by Crippen LogP contribution is 2.15. The third kappa shape index (κ3) is 13.6. The Hall–Kier alpha value is -0.820. The molecule has 1 heteroatoms. The monoisotopic (exact) mass is 278 g/mol. The quantitative estimate of drug-likeness (QED) is 0.489. The van der Waals surface area contributed by atoms with Crippen molar-refractivity contribution in [1.29, 1.82) is 0 Å². The highest BCUT2D eigenvalue weighted by Gasteiger charge is 2.10. The maximum absolute atomic E-state index is 9.66. The van der Waals surface area contributed by atoms with Crippen LogP contribution in [-0.4, -0.2) is 10.7 Å². The Labute approximate surface area is 126 Å². The Morgan fingerprint density at radius 1 is 0.950 bits per heavy atom. The summed E-state index contributed by atoms with van der Waals surface area (Å²) in [6, 6.07) is 0. The van der Waals surface area contributed by atoms with Gasteiger partial charge in [-0.2, -0.15) is 0 Å². The average Bonchev–Trinajstić information content (AvgIpc) is 2.26. The van der Waals surface area contributed by atoms with Gasteiger partial charge in [0, 0.05) is 0 Å². The molecule has 0 radical (unpaired) electrons. The van der Waals surface area contributed by atoms with Crippen LogP contribution in [-0.2, 0) is 0 Å². The highest BCUT2D eigenvalue weighted by atomic mass is 16.3. The van der Waals surface area contributed by atoms with Crippen LogP contribution in [0, 0.1) is 0 Å². The lowest BCUT2D eigenvalue weighted by molar-refractivity contribution is 0.0721. The lowest BCUT2D eigenvalue weighted by Gasteiger charge is -2.15. The van der Waals surface area contributed by atoms with Crippen molar-refractivity contribution in [3.8, 4) is 0 Å². The van der Waals surface area contributed by atoms with Crippen molar-refractivity contribution >= 4 is 0 Å². The van der Waals surface area contributed by atoms with Crippen molar-refractivity contribution < 1.29 is 5.11 Å². The fourth-order valence-corrected chi connectivity index (χ4v) is 2.09. The molecule has 116 valence electrons. The summed E-state index contributed by atoms with van der Waals surface area (Å²) in [5.41, 5.74) is 3.66. The van der Waals surface area contributed by atoms with E-state index >= 15 is 0 Å². The summed E-state index contributed by atoms with van der Waals surface area (Å²) in [7, 11) is 0. The molecule has 0 heterocycles. The molecule has 0 unspecified atom stereocenters. The van der Waals surface area contributed by atoms with Crippen LogP contribution in [0.3, 0.4) is 0 Å². The predicted molar refractivity (Wildman–Crippen MR) is 90.9 cm³/mol. The normalized spacial score (nSPS) is 13.7. The molecule has 0 rings (SSSR count). The van der Waals surface area contributed by atoms with Crippen LogP contribution in [0.2, 0.25) is 0 Å². The second-order valence-electron chi connectivity index (χ2n) is 6.80. The van der Waals surface area contributed by atoms with Gasteiger partial charge in [-0.25, -0.2) is 0 Å². The van der Waals surface area contributed by atoms with Gasteiger partial charge >= 0.3 is 0 Å². The van der Waals surface area contributed by atoms with Gasteiger partial charge in [0.25, 0.3) is 0 Å². The molecule has 0 spiro atoms. The first-order valence-electron chi connectivity index (χ1n) is 7.89. The van der Waals surface area contributed by atoms with Gasteiger partial charge in [-0.1, -0.05) is 28.9 Å². The molecule has 0 saturated heterocycles. The lowest BCUT2D eigenvalue weighted by Crippen LogP contribution is -2.17. The Morgan fingerprint density at radius 2 is 1.50 bits per heavy atom. The van der Waals surface area contributed by atoms with E-state index in [1.54, 1.807) is 0 Å². The Balaban J connectivity index is 3.85. The molecular weight excluding hydrogens is 244 g/mol. The standard InChI is InChI=1S/C19H34O/c1-16(2)10-7-11-17(3)12-8-13-18(4)14-9-15-19(5,6)20/h12,14,20H,1,7-11,13,15H2,2-6H3. The fourth-order valence-electron chi connectivity index (χ4n) is 2.09. The highest BCUT2D eigenvalue weighted by molar-refractivity contribution is 5.04. The van der Waals surface area contributed by atoms with Gasteiger partial charge in [0.15, 0.2) is 0 Å². The van der Waals surface area contributed by atoms with Crippen LogP contribution in [0.25, 0.3) is 0 Å². The molecule has 20 heavy (non-hydrogen) atoms. The van der Waals surface area contributed by atoms with E-state index in [1.165, 1.54) is 29.6 Å². The first-order valence-corrected chi connectivity index (χ1v) is 7.89. The topological polar surface area (TPSA) is 20.2 Å². The van der Waals surface area contributed by atoms with Crippen LogP contribution in [0.4, 0.5) is 0 Å². The van der Waals surface area contributed by atoms with E-state index in [1.807, 2.05) is 13.8 Å². The number of hydrogen-bond donors (Lipinski definition) is 1. The fraction of sp³-hybridized carbons (Fsp3) is 0.684. The minimum absolute atomic E-state index is 0.545. The van der Waals surface area contributed by atoms with Gasteiger partial charge < -0.3 is 5.11 Å². The largest absolute Gasteiger partial charge is 0.390 e. The van der Waals surface area contributed by atoms with E-state index in [2.05, 4.69) is 39.5 Å². The third-order valence-electron chi connectivity index (χ3n) is 3.46. The molecule has 0 aromatic carbocycles. The van der Waals surface area contributed by atoms with Crippen molar-refractivity contribution in [2.45, 2.75) is 85.2 Å². The van der Waals surface area contributed by atoms with Gasteiger partial charge in [-0.15, -0.1) is 6.58 Å². The van der Waals surface area contributed by atoms with Crippen LogP contribution < -0.4 is 0 Å². The Bertz CT molecular complexity index is 339. The van der Waals surface area contributed by atoms with E-state index in [4.69, 9.17) is 0 Å². The molecule has 0 fully saturated rings. The molecule has 0 aliphatic heterocycles. The van der Waals surface area contributed by atoms with E-state index in [9.17, 15) is 5.11 Å². The van der Waals surface area contributed by atoms with Crippen molar-refractivity contribution in [1.82, 2.24) is 0 Å². The van der Waals surface area contributed by atoms with Crippen molar-refractivity contribution in [2.75, 3.05) is 0 Å². The predicted octanol–water partition coefficient (Wildman–Crippen LogP) is 5.96. The summed E-state index contributed by atoms with van der Waals surface area (Å²) < 4.78 is 0. The first-order chi connectivity index (χ1) is 9.20. The van der Waals surface area contributed by atoms with Gasteiger partial charge in [-0.05, 0) is 79.6 Å². The van der Waals surface area contributed by atoms with Gasteiger partial charge in [0.05, 0.1) is 5.60 Å². The van der Waals surface area contributed by atoms with Crippen molar-refractivity contribution in [2.24, 2.45) is 0 Å². The summed E-state index contributed by atoms with van der Waals surface area (Å²) in [5.74, 6) is 0. The maximum atomic E-state index is 9.66. The second-order valence-corrected chi connectivity index (χ2v) is 6.80. The summed E-state index contributed by atoms with van der Waals surface area (Å²) in [6.45, 7) is 14.2. The minimum atomic E-state index is -0.545. The molecule has 1 nitrogen and oxygen atoms in total. The zero-order chi connectivity index (χ0) is 15.6. The average molecular weight is 278 g/mol. The number of hydrogen-bond acceptors (Lipinski definition) is 1. The smallest absolute Gasteiger partial charge is 0.0594 e. The summed E-state index contributed by atoms with van der Waals surface area (Å²) >= 11 is 0. The number of aliphatic hydroxyl groups is 1. The number of rotatable bonds is 10. The van der Waals surface area contributed by atoms with Crippen LogP contribution in [0.1, 0.15) is 79.6 Å². The molecule has 0 aliphatic carbocycles. The summed E-state index contributed by atoms with van der Waals surface area (Å²) in [4.78, 5) is 0. The van der Waals surface area contributed by atoms with Gasteiger partial charge in [-0.3, -0.25) is 0 Å². The van der Waals surface area contributed by atoms with Crippen LogP contribution in [0.5, 0.6) is 0 Å². The molecule has 0 bridgehead atoms. The third-order valence-corrected chi connectivity index (χ3v) is 3.46. The summed E-state index contributed by atoms with van der Waals surface area (Å²) in [5, 5.41) is 9.66. The summed E-state index contributed by atoms with van der Waals surface area (Å²) in [6.07, 6.45) is 12.2. The van der Waals surface area contributed by atoms with Crippen LogP contribution in [0.15, 0.2) is 35.5 Å². The molecular formula is C19H34O. The zero-order valence-corrected chi connectivity index (χ0v) is 14.3. The molecule has 0 atom stereocenters. The molecule has 1 N–H and O–H groups in total. The molecule has 0 aromatic rings. The van der Waals surface area contributed by atoms with Crippen molar-refractivity contribution in [3.05, 3.63) is 35.5 Å². The molecule has 0 aliphatic rings. The Kier molecular flexibility index (Phi) is 9.58. The number of allylic oxidation sites excluding steroid dienone is 5. The van der Waals surface area contributed by atoms with Crippen LogP contribution >= 0.6 is 0 Å². The SMILES string of the molecule is C=C(C)CCCC(C)=CCCC(C)=CCCC(C)(C)O. The molecule has 0 saturated carbocycles. The Morgan fingerprint density at radius 3 is 2.05 bits per heavy atom. The van der Waals surface area contributed by atoms with E-state index in [0.29, 0.717) is 0 Å². The lowest BCUT2D eigenvalue weighted by atomic mass is 10.0. The van der Waals surface area contributed by atoms with Crippen molar-refractivity contribution in [3.63, 3.8) is 0 Å². The molecule has 0 amide bonds. The molecule has 0 aromatic heterocycles. The zero-order valence-electron chi connectivity index (χ0n) is 14.3. The minimum Gasteiger partial charge on any atom is -0.390 e. The van der Waals surface area contributed by atoms with Gasteiger partial charge in [0.1, 0.15) is 0 Å².